The van der Waals surface area contributed by atoms with E-state index in [0.717, 1.165) is 17.7 Å². The van der Waals surface area contributed by atoms with Crippen LogP contribution in [0, 0.1) is 5.92 Å². The molecule has 0 saturated carbocycles. The van der Waals surface area contributed by atoms with Crippen LogP contribution in [0.2, 0.25) is 0 Å². The summed E-state index contributed by atoms with van der Waals surface area (Å²) in [6.07, 6.45) is -0.721. The number of fused-ring (bicyclic) bond motifs is 1. The molecule has 3 rings (SSSR count). The van der Waals surface area contributed by atoms with Crippen LogP contribution in [0.5, 0.6) is 5.75 Å². The molecule has 0 bridgehead atoms. The lowest BCUT2D eigenvalue weighted by molar-refractivity contribution is -0.133. The first-order valence-corrected chi connectivity index (χ1v) is 8.27. The Kier molecular flexibility index (Phi) is 5.68. The number of hydrogen-bond acceptors (Lipinski definition) is 5. The van der Waals surface area contributed by atoms with Crippen molar-refractivity contribution in [1.82, 2.24) is 5.32 Å². The first-order valence-electron chi connectivity index (χ1n) is 8.27. The first-order chi connectivity index (χ1) is 11.7. The fraction of sp³-hybridized carbons (Fsp3) is 0.474. The number of hydrogen-bond donors (Lipinski definition) is 2. The number of nitrogens with one attached hydrogen (secondary N) is 1. The molecule has 0 unspecified atom stereocenters. The zero-order valence-electron chi connectivity index (χ0n) is 14.2. The Balaban J connectivity index is 1.57. The molecule has 0 amide bonds. The molecular weight excluding hydrogens is 306 g/mol. The van der Waals surface area contributed by atoms with Gasteiger partial charge in [0.2, 0.25) is 0 Å². The van der Waals surface area contributed by atoms with Crippen LogP contribution in [0.1, 0.15) is 5.56 Å². The quantitative estimate of drug-likeness (QED) is 0.847. The van der Waals surface area contributed by atoms with E-state index in [0.29, 0.717) is 19.8 Å². The maximum Gasteiger partial charge on any atom is 0.119 e. The van der Waals surface area contributed by atoms with Gasteiger partial charge in [-0.2, -0.15) is 0 Å². The summed E-state index contributed by atoms with van der Waals surface area (Å²) in [5, 5.41) is 16.0. The van der Waals surface area contributed by atoms with Gasteiger partial charge in [-0.15, -0.1) is 0 Å². The van der Waals surface area contributed by atoms with Gasteiger partial charge in [-0.3, -0.25) is 0 Å². The highest BCUT2D eigenvalue weighted by Crippen LogP contribution is 2.22. The number of rotatable bonds is 6. The molecule has 1 heterocycles. The van der Waals surface area contributed by atoms with E-state index in [2.05, 4.69) is 29.6 Å². The van der Waals surface area contributed by atoms with Gasteiger partial charge in [0.15, 0.2) is 0 Å². The van der Waals surface area contributed by atoms with Gasteiger partial charge in [0.05, 0.1) is 26.4 Å². The van der Waals surface area contributed by atoms with E-state index in [1.807, 2.05) is 12.1 Å². The Bertz CT molecular complexity index is 675. The molecule has 1 fully saturated rings. The third kappa shape index (κ3) is 3.87. The average Bonchev–Trinajstić information content (AvgIpc) is 2.62. The highest BCUT2D eigenvalue weighted by molar-refractivity contribution is 5.84. The van der Waals surface area contributed by atoms with Crippen LogP contribution < -0.4 is 10.1 Å². The summed E-state index contributed by atoms with van der Waals surface area (Å²) in [4.78, 5) is 0. The van der Waals surface area contributed by atoms with Crippen molar-refractivity contribution in [2.45, 2.75) is 18.8 Å². The molecule has 24 heavy (non-hydrogen) atoms. The molecule has 2 aromatic carbocycles. The van der Waals surface area contributed by atoms with Crippen LogP contribution in [0.4, 0.5) is 0 Å². The van der Waals surface area contributed by atoms with Crippen molar-refractivity contribution in [2.24, 2.45) is 5.92 Å². The van der Waals surface area contributed by atoms with E-state index >= 15 is 0 Å². The minimum atomic E-state index is -0.486. The molecule has 0 radical (unpaired) electrons. The fourth-order valence-corrected chi connectivity index (χ4v) is 3.14. The molecule has 0 aliphatic carbocycles. The zero-order chi connectivity index (χ0) is 16.9. The molecule has 3 atom stereocenters. The molecule has 2 N–H and O–H groups in total. The van der Waals surface area contributed by atoms with E-state index in [9.17, 15) is 5.11 Å². The Morgan fingerprint density at radius 3 is 2.71 bits per heavy atom. The van der Waals surface area contributed by atoms with Crippen molar-refractivity contribution in [1.29, 1.82) is 0 Å². The monoisotopic (exact) mass is 331 g/mol. The molecule has 1 saturated heterocycles. The topological polar surface area (TPSA) is 60.0 Å². The third-order valence-electron chi connectivity index (χ3n) is 4.63. The smallest absolute Gasteiger partial charge is 0.119 e. The predicted octanol–water partition coefficient (Wildman–Crippen LogP) is 1.96. The number of ether oxygens (including phenoxy) is 3. The normalized spacial score (nSPS) is 24.2. The lowest BCUT2D eigenvalue weighted by Gasteiger charge is -2.33. The van der Waals surface area contributed by atoms with Crippen molar-refractivity contribution in [3.8, 4) is 5.75 Å². The maximum absolute atomic E-state index is 10.3. The second kappa shape index (κ2) is 7.94. The fourth-order valence-electron chi connectivity index (χ4n) is 3.14. The van der Waals surface area contributed by atoms with Crippen LogP contribution in [-0.4, -0.2) is 51.3 Å². The summed E-state index contributed by atoms with van der Waals surface area (Å²) < 4.78 is 16.0. The SMILES string of the molecule is COc1ccc2cc(CNC[C@@H]3COC[C@@H](OC)[C@H]3O)ccc2c1. The number of aliphatic hydroxyl groups excluding tert-OH is 1. The summed E-state index contributed by atoms with van der Waals surface area (Å²) in [6.45, 7) is 2.47. The maximum atomic E-state index is 10.3. The summed E-state index contributed by atoms with van der Waals surface area (Å²) in [5.74, 6) is 0.917. The van der Waals surface area contributed by atoms with Gasteiger partial charge in [0.25, 0.3) is 0 Å². The van der Waals surface area contributed by atoms with Gasteiger partial charge < -0.3 is 24.6 Å². The average molecular weight is 331 g/mol. The Morgan fingerprint density at radius 1 is 1.12 bits per heavy atom. The molecule has 2 aromatic rings. The third-order valence-corrected chi connectivity index (χ3v) is 4.63. The first kappa shape index (κ1) is 17.2. The minimum absolute atomic E-state index is 0.0495. The van der Waals surface area contributed by atoms with E-state index < -0.39 is 6.10 Å². The Morgan fingerprint density at radius 2 is 1.92 bits per heavy atom. The number of aliphatic hydroxyl groups is 1. The van der Waals surface area contributed by atoms with Gasteiger partial charge in [0, 0.05) is 26.1 Å². The summed E-state index contributed by atoms with van der Waals surface area (Å²) >= 11 is 0. The Hall–Kier alpha value is -1.66. The predicted molar refractivity (Wildman–Crippen MR) is 93.3 cm³/mol. The molecule has 5 nitrogen and oxygen atoms in total. The standard InChI is InChI=1S/C19H25NO4/c1-22-17-6-5-14-7-13(3-4-15(14)8-17)9-20-10-16-11-24-12-18(23-2)19(16)21/h3-8,16,18-21H,9-12H2,1-2H3/t16-,18-,19+/m1/s1. The van der Waals surface area contributed by atoms with Crippen LogP contribution in [0.25, 0.3) is 10.8 Å². The van der Waals surface area contributed by atoms with Gasteiger partial charge in [-0.1, -0.05) is 18.2 Å². The van der Waals surface area contributed by atoms with Crippen molar-refractivity contribution in [3.63, 3.8) is 0 Å². The molecular formula is C19H25NO4. The molecule has 1 aliphatic heterocycles. The highest BCUT2D eigenvalue weighted by Gasteiger charge is 2.32. The molecule has 130 valence electrons. The van der Waals surface area contributed by atoms with E-state index in [1.165, 1.54) is 10.9 Å². The number of methoxy groups -OCH3 is 2. The molecule has 0 spiro atoms. The van der Waals surface area contributed by atoms with Crippen molar-refractivity contribution >= 4 is 10.8 Å². The van der Waals surface area contributed by atoms with Crippen LogP contribution in [0.3, 0.4) is 0 Å². The molecule has 0 aromatic heterocycles. The largest absolute Gasteiger partial charge is 0.497 e. The van der Waals surface area contributed by atoms with Crippen molar-refractivity contribution in [2.75, 3.05) is 34.0 Å². The number of benzene rings is 2. The Labute approximate surface area is 142 Å². The molecule has 1 aliphatic rings. The highest BCUT2D eigenvalue weighted by atomic mass is 16.5. The summed E-state index contributed by atoms with van der Waals surface area (Å²) in [6, 6.07) is 12.5. The van der Waals surface area contributed by atoms with Gasteiger partial charge in [-0.25, -0.2) is 0 Å². The summed E-state index contributed by atoms with van der Waals surface area (Å²) in [7, 11) is 3.29. The van der Waals surface area contributed by atoms with Gasteiger partial charge in [-0.05, 0) is 34.5 Å². The zero-order valence-corrected chi connectivity index (χ0v) is 14.2. The van der Waals surface area contributed by atoms with Gasteiger partial charge >= 0.3 is 0 Å². The van der Waals surface area contributed by atoms with Crippen molar-refractivity contribution in [3.05, 3.63) is 42.0 Å². The second-order valence-corrected chi connectivity index (χ2v) is 6.24. The van der Waals surface area contributed by atoms with Crippen molar-refractivity contribution < 1.29 is 19.3 Å². The lowest BCUT2D eigenvalue weighted by atomic mass is 9.96. The summed E-state index contributed by atoms with van der Waals surface area (Å²) in [5.41, 5.74) is 1.21. The lowest BCUT2D eigenvalue weighted by Crippen LogP contribution is -2.48. The van der Waals surface area contributed by atoms with Gasteiger partial charge in [0.1, 0.15) is 11.9 Å². The van der Waals surface area contributed by atoms with E-state index in [1.54, 1.807) is 14.2 Å². The minimum Gasteiger partial charge on any atom is -0.497 e. The molecule has 5 heteroatoms. The second-order valence-electron chi connectivity index (χ2n) is 6.24. The van der Waals surface area contributed by atoms with Crippen LogP contribution >= 0.6 is 0 Å². The van der Waals surface area contributed by atoms with E-state index in [4.69, 9.17) is 14.2 Å². The van der Waals surface area contributed by atoms with E-state index in [-0.39, 0.29) is 12.0 Å². The van der Waals surface area contributed by atoms with Crippen LogP contribution in [0.15, 0.2) is 36.4 Å². The van der Waals surface area contributed by atoms with Crippen LogP contribution in [-0.2, 0) is 16.0 Å².